The molecular formula is C30H58N4. The second-order valence-electron chi connectivity index (χ2n) is 13.9. The molecule has 4 heteroatoms. The molecule has 0 aromatic rings. The normalized spacial score (nSPS) is 24.4. The Morgan fingerprint density at radius 1 is 0.588 bits per heavy atom. The van der Waals surface area contributed by atoms with Crippen LogP contribution < -0.4 is 10.6 Å². The van der Waals surface area contributed by atoms with Gasteiger partial charge in [0, 0.05) is 47.3 Å². The van der Waals surface area contributed by atoms with Gasteiger partial charge < -0.3 is 10.6 Å². The lowest BCUT2D eigenvalue weighted by molar-refractivity contribution is 0.0694. The van der Waals surface area contributed by atoms with E-state index in [0.29, 0.717) is 12.1 Å². The van der Waals surface area contributed by atoms with E-state index >= 15 is 0 Å². The molecule has 2 fully saturated rings. The van der Waals surface area contributed by atoms with Crippen LogP contribution in [0.5, 0.6) is 0 Å². The van der Waals surface area contributed by atoms with Gasteiger partial charge in [-0.05, 0) is 107 Å². The van der Waals surface area contributed by atoms with Crippen molar-refractivity contribution in [2.45, 2.75) is 141 Å². The van der Waals surface area contributed by atoms with E-state index in [-0.39, 0.29) is 22.2 Å². The highest BCUT2D eigenvalue weighted by Crippen LogP contribution is 2.33. The smallest absolute Gasteiger partial charge is 0.0163 e. The van der Waals surface area contributed by atoms with Crippen molar-refractivity contribution < 1.29 is 0 Å². The average Bonchev–Trinajstić information content (AvgIpc) is 2.64. The Kier molecular flexibility index (Phi) is 10.5. The molecular weight excluding hydrogens is 416 g/mol. The molecule has 0 amide bonds. The van der Waals surface area contributed by atoms with E-state index in [1.807, 2.05) is 0 Å². The number of nitrogens with one attached hydrogen (secondary N) is 2. The predicted octanol–water partition coefficient (Wildman–Crippen LogP) is 6.14. The molecule has 2 aliphatic heterocycles. The molecule has 0 bridgehead atoms. The summed E-state index contributed by atoms with van der Waals surface area (Å²) in [4.78, 5) is 5.39. The Morgan fingerprint density at radius 3 is 1.15 bits per heavy atom. The highest BCUT2D eigenvalue weighted by molar-refractivity contribution is 5.02. The monoisotopic (exact) mass is 474 g/mol. The van der Waals surface area contributed by atoms with Crippen molar-refractivity contribution in [3.8, 4) is 0 Å². The Balaban J connectivity index is 1.80. The molecule has 2 aliphatic rings. The van der Waals surface area contributed by atoms with E-state index in [1.54, 1.807) is 0 Å². The van der Waals surface area contributed by atoms with Crippen LogP contribution in [-0.2, 0) is 0 Å². The minimum Gasteiger partial charge on any atom is -0.307 e. The standard InChI is InChI=1S/C30H58N4/c1-11-17-33(25-21-27(3,4)31-28(5,6)22-25)19-15-13-14-16-20-34(18-12-2)26-23-29(7,8)32-30(9,10)24-26/h11-12,25-26,31-32H,1-2,13-24H2,3-10H3. The summed E-state index contributed by atoms with van der Waals surface area (Å²) in [6.45, 7) is 31.3. The maximum absolute atomic E-state index is 4.05. The summed E-state index contributed by atoms with van der Waals surface area (Å²) in [6.07, 6.45) is 14.2. The van der Waals surface area contributed by atoms with Gasteiger partial charge in [-0.25, -0.2) is 0 Å². The second-order valence-corrected chi connectivity index (χ2v) is 13.9. The fourth-order valence-corrected chi connectivity index (χ4v) is 7.21. The van der Waals surface area contributed by atoms with Gasteiger partial charge in [0.25, 0.3) is 0 Å². The van der Waals surface area contributed by atoms with Gasteiger partial charge in [0.05, 0.1) is 0 Å². The average molecular weight is 475 g/mol. The van der Waals surface area contributed by atoms with E-state index in [0.717, 1.165) is 13.1 Å². The molecule has 0 aromatic heterocycles. The Morgan fingerprint density at radius 2 is 0.882 bits per heavy atom. The minimum atomic E-state index is 0.193. The molecule has 0 atom stereocenters. The topological polar surface area (TPSA) is 30.5 Å². The first kappa shape index (κ1) is 29.5. The molecule has 2 heterocycles. The van der Waals surface area contributed by atoms with E-state index in [2.05, 4.69) is 101 Å². The summed E-state index contributed by atoms with van der Waals surface area (Å²) in [5.74, 6) is 0. The van der Waals surface area contributed by atoms with Gasteiger partial charge >= 0.3 is 0 Å². The maximum Gasteiger partial charge on any atom is 0.0163 e. The molecule has 34 heavy (non-hydrogen) atoms. The van der Waals surface area contributed by atoms with Gasteiger partial charge in [-0.3, -0.25) is 9.80 Å². The summed E-state index contributed by atoms with van der Waals surface area (Å²) in [7, 11) is 0. The molecule has 0 spiro atoms. The molecule has 0 saturated carbocycles. The van der Waals surface area contributed by atoms with E-state index in [4.69, 9.17) is 0 Å². The molecule has 0 unspecified atom stereocenters. The number of rotatable bonds is 13. The summed E-state index contributed by atoms with van der Waals surface area (Å²) in [5.41, 5.74) is 0.771. The van der Waals surface area contributed by atoms with Crippen LogP contribution in [0.25, 0.3) is 0 Å². The molecule has 0 aromatic carbocycles. The van der Waals surface area contributed by atoms with Crippen molar-refractivity contribution in [2.75, 3.05) is 26.2 Å². The molecule has 2 N–H and O–H groups in total. The van der Waals surface area contributed by atoms with Gasteiger partial charge in [0.15, 0.2) is 0 Å². The summed E-state index contributed by atoms with van der Waals surface area (Å²) >= 11 is 0. The van der Waals surface area contributed by atoms with Crippen molar-refractivity contribution in [1.82, 2.24) is 20.4 Å². The van der Waals surface area contributed by atoms with Crippen molar-refractivity contribution in [3.05, 3.63) is 25.3 Å². The van der Waals surface area contributed by atoms with E-state index in [1.165, 1.54) is 64.5 Å². The van der Waals surface area contributed by atoms with Gasteiger partial charge in [0.2, 0.25) is 0 Å². The van der Waals surface area contributed by atoms with Crippen LogP contribution in [0, 0.1) is 0 Å². The number of hydrogen-bond donors (Lipinski definition) is 2. The third-order valence-corrected chi connectivity index (χ3v) is 7.74. The second kappa shape index (κ2) is 12.0. The zero-order chi connectivity index (χ0) is 25.6. The van der Waals surface area contributed by atoms with Crippen LogP contribution in [0.3, 0.4) is 0 Å². The molecule has 0 aliphatic carbocycles. The zero-order valence-corrected chi connectivity index (χ0v) is 24.1. The molecule has 0 radical (unpaired) electrons. The minimum absolute atomic E-state index is 0.193. The van der Waals surface area contributed by atoms with Crippen molar-refractivity contribution in [2.24, 2.45) is 0 Å². The van der Waals surface area contributed by atoms with Crippen LogP contribution in [0.15, 0.2) is 25.3 Å². The van der Waals surface area contributed by atoms with E-state index in [9.17, 15) is 0 Å². The first-order valence-electron chi connectivity index (χ1n) is 14.0. The van der Waals surface area contributed by atoms with Crippen molar-refractivity contribution >= 4 is 0 Å². The largest absolute Gasteiger partial charge is 0.307 e. The fourth-order valence-electron chi connectivity index (χ4n) is 7.21. The fraction of sp³-hybridized carbons (Fsp3) is 0.867. The molecule has 2 saturated heterocycles. The van der Waals surface area contributed by atoms with E-state index < -0.39 is 0 Å². The van der Waals surface area contributed by atoms with Crippen molar-refractivity contribution in [1.29, 1.82) is 0 Å². The molecule has 198 valence electrons. The maximum atomic E-state index is 4.05. The summed E-state index contributed by atoms with van der Waals surface area (Å²) in [6, 6.07) is 1.28. The highest BCUT2D eigenvalue weighted by Gasteiger charge is 2.40. The van der Waals surface area contributed by atoms with Crippen LogP contribution in [0.1, 0.15) is 107 Å². The summed E-state index contributed by atoms with van der Waals surface area (Å²) < 4.78 is 0. The Labute approximate surface area is 213 Å². The van der Waals surface area contributed by atoms with Gasteiger partial charge in [0.1, 0.15) is 0 Å². The molecule has 2 rings (SSSR count). The van der Waals surface area contributed by atoms with Crippen LogP contribution >= 0.6 is 0 Å². The third-order valence-electron chi connectivity index (χ3n) is 7.74. The quantitative estimate of drug-likeness (QED) is 0.248. The predicted molar refractivity (Wildman–Crippen MR) is 151 cm³/mol. The molecule has 4 nitrogen and oxygen atoms in total. The Bertz CT molecular complexity index is 560. The van der Waals surface area contributed by atoms with Crippen LogP contribution in [-0.4, -0.2) is 70.2 Å². The zero-order valence-electron chi connectivity index (χ0n) is 24.1. The third kappa shape index (κ3) is 9.76. The first-order valence-corrected chi connectivity index (χ1v) is 14.0. The lowest BCUT2D eigenvalue weighted by atomic mass is 9.79. The lowest BCUT2D eigenvalue weighted by Gasteiger charge is -2.49. The summed E-state index contributed by atoms with van der Waals surface area (Å²) in [5, 5.41) is 7.67. The van der Waals surface area contributed by atoms with Crippen molar-refractivity contribution in [3.63, 3.8) is 0 Å². The SMILES string of the molecule is C=CCN(CCCCCCN(CC=C)C1CC(C)(C)NC(C)(C)C1)C1CC(C)(C)NC(C)(C)C1. The number of nitrogens with zero attached hydrogens (tertiary/aromatic N) is 2. The number of hydrogen-bond acceptors (Lipinski definition) is 4. The number of unbranched alkanes of at least 4 members (excludes halogenated alkanes) is 3. The van der Waals surface area contributed by atoms with Gasteiger partial charge in [-0.15, -0.1) is 13.2 Å². The van der Waals surface area contributed by atoms with Gasteiger partial charge in [-0.2, -0.15) is 0 Å². The van der Waals surface area contributed by atoms with Crippen LogP contribution in [0.2, 0.25) is 0 Å². The van der Waals surface area contributed by atoms with Crippen LogP contribution in [0.4, 0.5) is 0 Å². The van der Waals surface area contributed by atoms with Gasteiger partial charge in [-0.1, -0.05) is 25.0 Å². The highest BCUT2D eigenvalue weighted by atomic mass is 15.2. The Hall–Kier alpha value is -0.680. The number of piperidine rings is 2. The lowest BCUT2D eigenvalue weighted by Crippen LogP contribution is -2.62. The first-order chi connectivity index (χ1) is 15.7.